The van der Waals surface area contributed by atoms with Crippen LogP contribution in [-0.2, 0) is 0 Å². The van der Waals surface area contributed by atoms with E-state index in [4.69, 9.17) is 0 Å². The summed E-state index contributed by atoms with van der Waals surface area (Å²) in [5.41, 5.74) is 2.29. The van der Waals surface area contributed by atoms with Crippen LogP contribution in [0.2, 0.25) is 0 Å². The van der Waals surface area contributed by atoms with E-state index >= 15 is 0 Å². The van der Waals surface area contributed by atoms with E-state index in [0.29, 0.717) is 0 Å². The number of carbonyl (C=O) groups is 1. The van der Waals surface area contributed by atoms with Gasteiger partial charge in [0.2, 0.25) is 0 Å². The van der Waals surface area contributed by atoms with E-state index in [1.54, 1.807) is 6.92 Å². The van der Waals surface area contributed by atoms with Crippen molar-refractivity contribution in [1.82, 2.24) is 0 Å². The Labute approximate surface area is 148 Å². The SMILES string of the molecule is CCC[C@H]1CC[C@H](C2CCC(c3ccc(C(C)=O)cc3)CC2)CC1. The van der Waals surface area contributed by atoms with Crippen molar-refractivity contribution in [2.75, 3.05) is 0 Å². The van der Waals surface area contributed by atoms with Crippen LogP contribution in [0.15, 0.2) is 24.3 Å². The van der Waals surface area contributed by atoms with Gasteiger partial charge < -0.3 is 0 Å². The van der Waals surface area contributed by atoms with Crippen molar-refractivity contribution < 1.29 is 4.79 Å². The predicted molar refractivity (Wildman–Crippen MR) is 102 cm³/mol. The van der Waals surface area contributed by atoms with E-state index in [-0.39, 0.29) is 5.78 Å². The summed E-state index contributed by atoms with van der Waals surface area (Å²) in [6, 6.07) is 8.41. The van der Waals surface area contributed by atoms with Crippen molar-refractivity contribution >= 4 is 5.78 Å². The molecule has 1 heteroatoms. The van der Waals surface area contributed by atoms with Crippen LogP contribution < -0.4 is 0 Å². The molecule has 0 aromatic heterocycles. The van der Waals surface area contributed by atoms with Gasteiger partial charge in [0.05, 0.1) is 0 Å². The van der Waals surface area contributed by atoms with Crippen LogP contribution >= 0.6 is 0 Å². The molecule has 3 rings (SSSR count). The number of carbonyl (C=O) groups excluding carboxylic acids is 1. The Hall–Kier alpha value is -1.11. The zero-order valence-corrected chi connectivity index (χ0v) is 15.6. The first-order chi connectivity index (χ1) is 11.7. The van der Waals surface area contributed by atoms with Gasteiger partial charge >= 0.3 is 0 Å². The molecular formula is C23H34O. The number of hydrogen-bond donors (Lipinski definition) is 0. The Bertz CT molecular complexity index is 513. The molecule has 1 nitrogen and oxygen atoms in total. The molecule has 0 amide bonds. The molecule has 1 aromatic rings. The summed E-state index contributed by atoms with van der Waals surface area (Å²) in [7, 11) is 0. The minimum absolute atomic E-state index is 0.170. The molecule has 0 saturated heterocycles. The minimum atomic E-state index is 0.170. The van der Waals surface area contributed by atoms with Gasteiger partial charge in [-0.3, -0.25) is 4.79 Å². The molecule has 1 aromatic carbocycles. The largest absolute Gasteiger partial charge is 0.295 e. The molecule has 0 heterocycles. The first-order valence-electron chi connectivity index (χ1n) is 10.3. The molecule has 0 N–H and O–H groups in total. The van der Waals surface area contributed by atoms with Gasteiger partial charge in [-0.05, 0) is 74.7 Å². The maximum Gasteiger partial charge on any atom is 0.159 e. The zero-order valence-electron chi connectivity index (χ0n) is 15.6. The molecule has 2 saturated carbocycles. The first-order valence-corrected chi connectivity index (χ1v) is 10.3. The Morgan fingerprint density at radius 2 is 1.42 bits per heavy atom. The van der Waals surface area contributed by atoms with E-state index in [1.165, 1.54) is 69.8 Å². The van der Waals surface area contributed by atoms with E-state index < -0.39 is 0 Å². The number of benzene rings is 1. The van der Waals surface area contributed by atoms with Crippen LogP contribution in [0.3, 0.4) is 0 Å². The van der Waals surface area contributed by atoms with E-state index in [0.717, 1.165) is 29.2 Å². The van der Waals surface area contributed by atoms with Crippen molar-refractivity contribution in [2.45, 2.75) is 84.0 Å². The normalized spacial score (nSPS) is 30.9. The fourth-order valence-corrected chi connectivity index (χ4v) is 5.27. The second-order valence-electron chi connectivity index (χ2n) is 8.36. The van der Waals surface area contributed by atoms with Crippen molar-refractivity contribution in [3.8, 4) is 0 Å². The average Bonchev–Trinajstić information content (AvgIpc) is 2.63. The molecule has 132 valence electrons. The van der Waals surface area contributed by atoms with Crippen molar-refractivity contribution in [2.24, 2.45) is 17.8 Å². The third kappa shape index (κ3) is 4.29. The van der Waals surface area contributed by atoms with Crippen LogP contribution in [0.1, 0.15) is 99.9 Å². The van der Waals surface area contributed by atoms with E-state index in [1.807, 2.05) is 12.1 Å². The maximum atomic E-state index is 11.4. The highest BCUT2D eigenvalue weighted by molar-refractivity contribution is 5.94. The highest BCUT2D eigenvalue weighted by atomic mass is 16.1. The lowest BCUT2D eigenvalue weighted by atomic mass is 9.68. The average molecular weight is 327 g/mol. The predicted octanol–water partition coefficient (Wildman–Crippen LogP) is 6.77. The van der Waals surface area contributed by atoms with Gasteiger partial charge in [-0.2, -0.15) is 0 Å². The number of Topliss-reactive ketones (excluding diaryl/α,β-unsaturated/α-hetero) is 1. The van der Waals surface area contributed by atoms with Crippen LogP contribution in [0.25, 0.3) is 0 Å². The smallest absolute Gasteiger partial charge is 0.159 e. The van der Waals surface area contributed by atoms with Crippen LogP contribution in [-0.4, -0.2) is 5.78 Å². The van der Waals surface area contributed by atoms with Crippen LogP contribution in [0.4, 0.5) is 0 Å². The quantitative estimate of drug-likeness (QED) is 0.546. The van der Waals surface area contributed by atoms with Crippen molar-refractivity contribution in [1.29, 1.82) is 0 Å². The third-order valence-electron chi connectivity index (χ3n) is 6.82. The van der Waals surface area contributed by atoms with Gasteiger partial charge in [-0.15, -0.1) is 0 Å². The zero-order chi connectivity index (χ0) is 16.9. The number of hydrogen-bond acceptors (Lipinski definition) is 1. The van der Waals surface area contributed by atoms with E-state index in [9.17, 15) is 4.79 Å². The molecule has 24 heavy (non-hydrogen) atoms. The molecule has 0 bridgehead atoms. The molecule has 0 atom stereocenters. The van der Waals surface area contributed by atoms with Crippen LogP contribution in [0, 0.1) is 17.8 Å². The molecule has 2 aliphatic carbocycles. The summed E-state index contributed by atoms with van der Waals surface area (Å²) in [5, 5.41) is 0. The summed E-state index contributed by atoms with van der Waals surface area (Å²) in [5.74, 6) is 3.92. The third-order valence-corrected chi connectivity index (χ3v) is 6.82. The molecular weight excluding hydrogens is 292 g/mol. The lowest BCUT2D eigenvalue weighted by Crippen LogP contribution is -2.25. The summed E-state index contributed by atoms with van der Waals surface area (Å²) in [6.07, 6.45) is 14.3. The van der Waals surface area contributed by atoms with Gasteiger partial charge in [-0.1, -0.05) is 56.9 Å². The molecule has 2 aliphatic rings. The topological polar surface area (TPSA) is 17.1 Å². The summed E-state index contributed by atoms with van der Waals surface area (Å²) >= 11 is 0. The second-order valence-corrected chi connectivity index (χ2v) is 8.36. The summed E-state index contributed by atoms with van der Waals surface area (Å²) < 4.78 is 0. The van der Waals surface area contributed by atoms with Gasteiger partial charge in [0.1, 0.15) is 0 Å². The maximum absolute atomic E-state index is 11.4. The molecule has 0 unspecified atom stereocenters. The van der Waals surface area contributed by atoms with Gasteiger partial charge in [0.15, 0.2) is 5.78 Å². The lowest BCUT2D eigenvalue weighted by molar-refractivity contribution is 0.101. The van der Waals surface area contributed by atoms with Gasteiger partial charge in [0.25, 0.3) is 0 Å². The second kappa shape index (κ2) is 8.32. The van der Waals surface area contributed by atoms with Crippen LogP contribution in [0.5, 0.6) is 0 Å². The molecule has 0 spiro atoms. The highest BCUT2D eigenvalue weighted by Crippen LogP contribution is 2.44. The van der Waals surface area contributed by atoms with E-state index in [2.05, 4.69) is 19.1 Å². The standard InChI is InChI=1S/C23H34O/c1-3-4-18-5-7-20(8-6-18)22-13-15-23(16-14-22)21-11-9-19(10-12-21)17(2)24/h9-12,18,20,22-23H,3-8,13-16H2,1-2H3/t18-,20-,22?,23?. The Morgan fingerprint density at radius 3 is 1.92 bits per heavy atom. The van der Waals surface area contributed by atoms with Crippen molar-refractivity contribution in [3.63, 3.8) is 0 Å². The summed E-state index contributed by atoms with van der Waals surface area (Å²) in [4.78, 5) is 11.4. The lowest BCUT2D eigenvalue weighted by Gasteiger charge is -2.38. The van der Waals surface area contributed by atoms with Gasteiger partial charge in [0, 0.05) is 5.56 Å². The molecule has 0 radical (unpaired) electrons. The number of ketones is 1. The first kappa shape index (κ1) is 17.7. The monoisotopic (exact) mass is 326 g/mol. The fraction of sp³-hybridized carbons (Fsp3) is 0.696. The number of rotatable bonds is 5. The van der Waals surface area contributed by atoms with Gasteiger partial charge in [-0.25, -0.2) is 0 Å². The fourth-order valence-electron chi connectivity index (χ4n) is 5.27. The minimum Gasteiger partial charge on any atom is -0.295 e. The summed E-state index contributed by atoms with van der Waals surface area (Å²) in [6.45, 7) is 3.98. The molecule has 0 aliphatic heterocycles. The van der Waals surface area contributed by atoms with Crippen molar-refractivity contribution in [3.05, 3.63) is 35.4 Å². The Kier molecular flexibility index (Phi) is 6.14. The molecule has 2 fully saturated rings. The highest BCUT2D eigenvalue weighted by Gasteiger charge is 2.31. The Morgan fingerprint density at radius 1 is 0.875 bits per heavy atom. The Balaban J connectivity index is 1.48.